The Morgan fingerprint density at radius 3 is 1.59 bits per heavy atom. The fourth-order valence-corrected chi connectivity index (χ4v) is 3.27. The van der Waals surface area contributed by atoms with Gasteiger partial charge in [0.2, 0.25) is 19.6 Å². The van der Waals surface area contributed by atoms with Crippen LogP contribution in [0.4, 0.5) is 9.59 Å². The van der Waals surface area contributed by atoms with E-state index in [-0.39, 0.29) is 32.9 Å². The van der Waals surface area contributed by atoms with E-state index in [1.54, 1.807) is 0 Å². The van der Waals surface area contributed by atoms with Crippen LogP contribution >= 0.6 is 8.38 Å². The van der Waals surface area contributed by atoms with E-state index in [0.717, 1.165) is 51.4 Å². The number of amides is 2. The first-order valence-electron chi connectivity index (χ1n) is 12.4. The zero-order valence-corrected chi connectivity index (χ0v) is 22.8. The van der Waals surface area contributed by atoms with Crippen LogP contribution in [0, 0.1) is 19.7 Å². The number of aliphatic hydroxyl groups is 1. The molecule has 1 atom stereocenters. The first-order chi connectivity index (χ1) is 18.0. The molecule has 13 heteroatoms. The standard InChI is InChI=1S/C14H24N3O4P.C10H18N2O3/c1-15-9-12-19-14(18)17-8-6-4-5-7-11-20-22(3)21-13-10-16-2;1-11-7-9-15-10(14)12-6-4-2-3-5-8-13/h4-13H2,3H3,(H,17,18);13H,2-9H2,(H,12,14). The molecule has 0 aromatic carbocycles. The van der Waals surface area contributed by atoms with Gasteiger partial charge in [-0.05, 0) is 25.7 Å². The maximum absolute atomic E-state index is 11.1. The minimum absolute atomic E-state index is 0.143. The van der Waals surface area contributed by atoms with Gasteiger partial charge in [-0.2, -0.15) is 0 Å². The number of unbranched alkanes of at least 4 members (excludes halogenated alkanes) is 6. The molecule has 0 saturated heterocycles. The third-order valence-corrected chi connectivity index (χ3v) is 5.41. The summed E-state index contributed by atoms with van der Waals surface area (Å²) in [6.07, 6.45) is 6.63. The molecule has 0 bridgehead atoms. The normalized spacial score (nSPS) is 10.5. The molecule has 0 spiro atoms. The van der Waals surface area contributed by atoms with Crippen LogP contribution in [0.5, 0.6) is 0 Å². The Balaban J connectivity index is 0. The second kappa shape index (κ2) is 31.4. The number of alkyl carbamates (subject to hydrolysis) is 2. The number of hydrogen-bond donors (Lipinski definition) is 3. The number of aliphatic hydroxyl groups excluding tert-OH is 1. The van der Waals surface area contributed by atoms with Crippen molar-refractivity contribution >= 4 is 20.6 Å². The predicted molar refractivity (Wildman–Crippen MR) is 142 cm³/mol. The molecule has 1 unspecified atom stereocenters. The van der Waals surface area contributed by atoms with Crippen molar-refractivity contribution in [1.29, 1.82) is 0 Å². The van der Waals surface area contributed by atoms with Crippen LogP contribution in [0.1, 0.15) is 51.4 Å². The van der Waals surface area contributed by atoms with Crippen molar-refractivity contribution in [3.63, 3.8) is 0 Å². The van der Waals surface area contributed by atoms with Crippen LogP contribution in [0.15, 0.2) is 0 Å². The summed E-state index contributed by atoms with van der Waals surface area (Å²) in [7, 11) is -0.874. The number of rotatable bonds is 21. The van der Waals surface area contributed by atoms with Crippen molar-refractivity contribution in [3.05, 3.63) is 34.3 Å². The number of nitrogens with one attached hydrogen (secondary N) is 2. The van der Waals surface area contributed by atoms with Crippen LogP contribution in [0.25, 0.3) is 14.5 Å². The van der Waals surface area contributed by atoms with E-state index < -0.39 is 20.6 Å². The number of hydrogen-bond acceptors (Lipinski definition) is 7. The molecule has 0 aliphatic rings. The van der Waals surface area contributed by atoms with Gasteiger partial charge < -0.3 is 48.8 Å². The summed E-state index contributed by atoms with van der Waals surface area (Å²) in [6.45, 7) is 25.1. The van der Waals surface area contributed by atoms with E-state index in [1.807, 2.05) is 6.66 Å². The minimum atomic E-state index is -0.874. The Bertz CT molecular complexity index is 680. The molecule has 0 rings (SSSR count). The monoisotopic (exact) mass is 543 g/mol. The van der Waals surface area contributed by atoms with Gasteiger partial charge in [-0.25, -0.2) is 29.3 Å². The summed E-state index contributed by atoms with van der Waals surface area (Å²) in [5.41, 5.74) is 0. The van der Waals surface area contributed by atoms with Gasteiger partial charge in [-0.1, -0.05) is 25.7 Å². The molecule has 0 fully saturated rings. The SMILES string of the molecule is [C-]#[N+]CCOC(=O)NCCCCCCO.[C-]#[N+]CCOC(=O)NCCCCCCOP(C)OCC[N+]#[C-]. The summed E-state index contributed by atoms with van der Waals surface area (Å²) in [5, 5.41) is 13.8. The molecule has 0 aromatic heterocycles. The van der Waals surface area contributed by atoms with Gasteiger partial charge in [0.25, 0.3) is 0 Å². The molecule has 0 heterocycles. The molecule has 2 amide bonds. The predicted octanol–water partition coefficient (Wildman–Crippen LogP) is 4.27. The molecule has 0 radical (unpaired) electrons. The Labute approximate surface area is 222 Å². The highest BCUT2D eigenvalue weighted by Gasteiger charge is 2.04. The summed E-state index contributed by atoms with van der Waals surface area (Å²) >= 11 is 0. The molecule has 3 N–H and O–H groups in total. The lowest BCUT2D eigenvalue weighted by molar-refractivity contribution is 0.150. The second-order valence-electron chi connectivity index (χ2n) is 7.43. The molecule has 12 nitrogen and oxygen atoms in total. The van der Waals surface area contributed by atoms with Gasteiger partial charge in [0.15, 0.2) is 21.6 Å². The summed E-state index contributed by atoms with van der Waals surface area (Å²) in [6, 6.07) is 0. The van der Waals surface area contributed by atoms with Crippen LogP contribution in [-0.4, -0.2) is 89.7 Å². The fourth-order valence-electron chi connectivity index (χ4n) is 2.47. The van der Waals surface area contributed by atoms with E-state index in [1.165, 1.54) is 0 Å². The number of carbonyl (C=O) groups is 2. The molecular weight excluding hydrogens is 501 g/mol. The van der Waals surface area contributed by atoms with Crippen molar-refractivity contribution in [2.45, 2.75) is 51.4 Å². The van der Waals surface area contributed by atoms with E-state index in [2.05, 4.69) is 25.2 Å². The van der Waals surface area contributed by atoms with Crippen molar-refractivity contribution < 1.29 is 33.2 Å². The van der Waals surface area contributed by atoms with Gasteiger partial charge >= 0.3 is 12.2 Å². The summed E-state index contributed by atoms with van der Waals surface area (Å²) in [5.74, 6) is 0. The largest absolute Gasteiger partial charge is 0.442 e. The average molecular weight is 544 g/mol. The zero-order chi connectivity index (χ0) is 27.8. The maximum atomic E-state index is 11.1. The van der Waals surface area contributed by atoms with Crippen molar-refractivity contribution in [1.82, 2.24) is 10.6 Å². The average Bonchev–Trinajstić information content (AvgIpc) is 2.88. The highest BCUT2D eigenvalue weighted by molar-refractivity contribution is 7.46. The Morgan fingerprint density at radius 2 is 1.11 bits per heavy atom. The van der Waals surface area contributed by atoms with Gasteiger partial charge in [0, 0.05) is 26.4 Å². The van der Waals surface area contributed by atoms with Crippen LogP contribution in [0.2, 0.25) is 0 Å². The Morgan fingerprint density at radius 1 is 0.676 bits per heavy atom. The Kier molecular flexibility index (Phi) is 30.9. The molecule has 0 saturated carbocycles. The third-order valence-electron chi connectivity index (χ3n) is 4.32. The lowest BCUT2D eigenvalue weighted by Gasteiger charge is -2.11. The van der Waals surface area contributed by atoms with E-state index in [0.29, 0.717) is 32.8 Å². The number of carbonyl (C=O) groups excluding carboxylic acids is 2. The fraction of sp³-hybridized carbons (Fsp3) is 0.792. The third kappa shape index (κ3) is 33.3. The van der Waals surface area contributed by atoms with Gasteiger partial charge in [-0.3, -0.25) is 0 Å². The smallest absolute Gasteiger partial charge is 0.407 e. The summed E-state index contributed by atoms with van der Waals surface area (Å²) < 4.78 is 20.3. The first-order valence-corrected chi connectivity index (χ1v) is 14.1. The lowest BCUT2D eigenvalue weighted by Crippen LogP contribution is -2.26. The second-order valence-corrected chi connectivity index (χ2v) is 8.82. The Hall–Kier alpha value is -2.68. The van der Waals surface area contributed by atoms with E-state index >= 15 is 0 Å². The van der Waals surface area contributed by atoms with Crippen LogP contribution in [0.3, 0.4) is 0 Å². The maximum Gasteiger partial charge on any atom is 0.407 e. The van der Waals surface area contributed by atoms with Crippen molar-refractivity contribution in [2.24, 2.45) is 0 Å². The van der Waals surface area contributed by atoms with Gasteiger partial charge in [0.05, 0.1) is 6.61 Å². The molecule has 37 heavy (non-hydrogen) atoms. The van der Waals surface area contributed by atoms with Crippen molar-refractivity contribution in [3.8, 4) is 0 Å². The van der Waals surface area contributed by atoms with Crippen LogP contribution in [-0.2, 0) is 18.5 Å². The number of nitrogens with zero attached hydrogens (tertiary/aromatic N) is 3. The quantitative estimate of drug-likeness (QED) is 0.112. The lowest BCUT2D eigenvalue weighted by atomic mass is 10.2. The molecule has 0 aliphatic heterocycles. The topological polar surface area (TPSA) is 128 Å². The first kappa shape index (κ1) is 36.5. The molecule has 0 aliphatic carbocycles. The highest BCUT2D eigenvalue weighted by Crippen LogP contribution is 2.33. The van der Waals surface area contributed by atoms with Crippen LogP contribution < -0.4 is 10.6 Å². The zero-order valence-electron chi connectivity index (χ0n) is 21.9. The molecule has 0 aromatic rings. The van der Waals surface area contributed by atoms with Gasteiger partial charge in [-0.15, -0.1) is 0 Å². The highest BCUT2D eigenvalue weighted by atomic mass is 31.2. The van der Waals surface area contributed by atoms with Crippen molar-refractivity contribution in [2.75, 3.05) is 72.4 Å². The van der Waals surface area contributed by atoms with E-state index in [9.17, 15) is 9.59 Å². The molecular formula is C24H42N5O7P. The molecule has 210 valence electrons. The summed E-state index contributed by atoms with van der Waals surface area (Å²) in [4.78, 5) is 31.4. The minimum Gasteiger partial charge on any atom is -0.442 e. The number of ether oxygens (including phenoxy) is 2. The van der Waals surface area contributed by atoms with E-state index in [4.69, 9.17) is 43.3 Å². The van der Waals surface area contributed by atoms with Gasteiger partial charge in [0.1, 0.15) is 6.61 Å².